The Bertz CT molecular complexity index is 1060. The van der Waals surface area contributed by atoms with E-state index in [1.165, 1.54) is 19.1 Å². The van der Waals surface area contributed by atoms with Crippen LogP contribution in [0.3, 0.4) is 0 Å². The predicted octanol–water partition coefficient (Wildman–Crippen LogP) is 3.27. The number of anilines is 2. The number of hydrogen-bond acceptors (Lipinski definition) is 7. The van der Waals surface area contributed by atoms with Gasteiger partial charge in [0, 0.05) is 31.7 Å². The normalized spacial score (nSPS) is 17.1. The lowest BCUT2D eigenvalue weighted by Crippen LogP contribution is -2.38. The largest absolute Gasteiger partial charge is 0.459 e. The number of aromatic nitrogens is 3. The maximum absolute atomic E-state index is 12.7. The number of carbonyl (C=O) groups excluding carboxylic acids is 1. The number of rotatable bonds is 6. The maximum atomic E-state index is 12.7. The Morgan fingerprint density at radius 2 is 2.13 bits per heavy atom. The molecule has 5 rings (SSSR count). The molecule has 2 fully saturated rings. The monoisotopic (exact) mass is 406 g/mol. The molecule has 1 N–H and O–H groups in total. The molecule has 1 amide bonds. The molecule has 0 radical (unpaired) electrons. The van der Waals surface area contributed by atoms with Crippen LogP contribution in [0.25, 0.3) is 11.7 Å². The van der Waals surface area contributed by atoms with Crippen LogP contribution < -0.4 is 10.2 Å². The SMILES string of the molecule is N#Cc1nc(-c2ccco2)oc1N1CCC(C(=O)Nc2cnn(CC3CC3)c2)CC1. The molecule has 0 aromatic carbocycles. The highest BCUT2D eigenvalue weighted by Gasteiger charge is 2.29. The van der Waals surface area contributed by atoms with E-state index >= 15 is 0 Å². The second-order valence-corrected chi connectivity index (χ2v) is 7.91. The molecule has 1 aliphatic carbocycles. The molecular weight excluding hydrogens is 384 g/mol. The number of hydrogen-bond donors (Lipinski definition) is 1. The van der Waals surface area contributed by atoms with Crippen LogP contribution in [0.1, 0.15) is 31.4 Å². The van der Waals surface area contributed by atoms with Crippen LogP contribution in [-0.4, -0.2) is 33.8 Å². The summed E-state index contributed by atoms with van der Waals surface area (Å²) in [5, 5.41) is 16.7. The highest BCUT2D eigenvalue weighted by atomic mass is 16.4. The van der Waals surface area contributed by atoms with Crippen molar-refractivity contribution in [2.24, 2.45) is 11.8 Å². The smallest absolute Gasteiger partial charge is 0.266 e. The first-order valence-electron chi connectivity index (χ1n) is 10.2. The first-order chi connectivity index (χ1) is 14.7. The second-order valence-electron chi connectivity index (χ2n) is 7.91. The van der Waals surface area contributed by atoms with Gasteiger partial charge in [-0.15, -0.1) is 0 Å². The van der Waals surface area contributed by atoms with Gasteiger partial charge < -0.3 is 19.1 Å². The van der Waals surface area contributed by atoms with Crippen LogP contribution in [0.2, 0.25) is 0 Å². The van der Waals surface area contributed by atoms with Crippen molar-refractivity contribution < 1.29 is 13.6 Å². The number of nitrogens with one attached hydrogen (secondary N) is 1. The van der Waals surface area contributed by atoms with Crippen molar-refractivity contribution in [3.05, 3.63) is 36.5 Å². The summed E-state index contributed by atoms with van der Waals surface area (Å²) in [6.45, 7) is 2.15. The Balaban J connectivity index is 1.19. The van der Waals surface area contributed by atoms with E-state index in [0.29, 0.717) is 37.6 Å². The Kier molecular flexibility index (Phi) is 4.75. The van der Waals surface area contributed by atoms with Gasteiger partial charge in [0.05, 0.1) is 18.1 Å². The standard InChI is InChI=1S/C21H22N6O3/c22-10-17-21(30-20(25-17)18-2-1-9-29-18)26-7-5-15(6-8-26)19(28)24-16-11-23-27(13-16)12-14-3-4-14/h1-2,9,11,13-15H,3-8,12H2,(H,24,28). The Morgan fingerprint density at radius 1 is 1.30 bits per heavy atom. The van der Waals surface area contributed by atoms with Gasteiger partial charge in [-0.3, -0.25) is 9.48 Å². The first kappa shape index (κ1) is 18.5. The third kappa shape index (κ3) is 3.81. The molecule has 4 heterocycles. The van der Waals surface area contributed by atoms with Crippen LogP contribution >= 0.6 is 0 Å². The third-order valence-corrected chi connectivity index (χ3v) is 5.64. The number of furan rings is 1. The van der Waals surface area contributed by atoms with Gasteiger partial charge in [0.1, 0.15) is 6.07 Å². The summed E-state index contributed by atoms with van der Waals surface area (Å²) in [4.78, 5) is 18.9. The molecule has 0 atom stereocenters. The molecule has 0 bridgehead atoms. The molecule has 2 aliphatic rings. The molecule has 0 spiro atoms. The summed E-state index contributed by atoms with van der Waals surface area (Å²) in [5.74, 6) is 1.86. The molecule has 30 heavy (non-hydrogen) atoms. The van der Waals surface area contributed by atoms with Gasteiger partial charge in [0.2, 0.25) is 17.5 Å². The third-order valence-electron chi connectivity index (χ3n) is 5.64. The summed E-state index contributed by atoms with van der Waals surface area (Å²) in [6.07, 6.45) is 9.01. The number of nitrogens with zero attached hydrogens (tertiary/aromatic N) is 5. The zero-order valence-electron chi connectivity index (χ0n) is 16.5. The molecule has 154 valence electrons. The van der Waals surface area contributed by atoms with Gasteiger partial charge in [0.15, 0.2) is 5.76 Å². The van der Waals surface area contributed by atoms with Crippen molar-refractivity contribution >= 4 is 17.5 Å². The zero-order chi connectivity index (χ0) is 20.5. The Morgan fingerprint density at radius 3 is 2.83 bits per heavy atom. The fourth-order valence-electron chi connectivity index (χ4n) is 3.79. The first-order valence-corrected chi connectivity index (χ1v) is 10.2. The zero-order valence-corrected chi connectivity index (χ0v) is 16.5. The lowest BCUT2D eigenvalue weighted by molar-refractivity contribution is -0.120. The molecule has 9 nitrogen and oxygen atoms in total. The summed E-state index contributed by atoms with van der Waals surface area (Å²) >= 11 is 0. The van der Waals surface area contributed by atoms with Gasteiger partial charge in [-0.05, 0) is 43.7 Å². The number of oxazole rings is 1. The average molecular weight is 406 g/mol. The van der Waals surface area contributed by atoms with Crippen molar-refractivity contribution in [3.8, 4) is 17.7 Å². The average Bonchev–Trinajstić information content (AvgIpc) is 3.17. The van der Waals surface area contributed by atoms with E-state index in [1.54, 1.807) is 18.3 Å². The lowest BCUT2D eigenvalue weighted by atomic mass is 9.96. The molecule has 1 aliphatic heterocycles. The van der Waals surface area contributed by atoms with Crippen LogP contribution in [0.4, 0.5) is 11.6 Å². The van der Waals surface area contributed by atoms with Gasteiger partial charge in [0.25, 0.3) is 5.89 Å². The van der Waals surface area contributed by atoms with Gasteiger partial charge >= 0.3 is 0 Å². The summed E-state index contributed by atoms with van der Waals surface area (Å²) in [5.41, 5.74) is 0.973. The minimum atomic E-state index is -0.0916. The van der Waals surface area contributed by atoms with Gasteiger partial charge in [-0.25, -0.2) is 0 Å². The minimum Gasteiger partial charge on any atom is -0.459 e. The fraction of sp³-hybridized carbons (Fsp3) is 0.429. The van der Waals surface area contributed by atoms with Gasteiger partial charge in [-0.1, -0.05) is 0 Å². The van der Waals surface area contributed by atoms with Crippen LogP contribution in [0.15, 0.2) is 39.6 Å². The predicted molar refractivity (Wildman–Crippen MR) is 107 cm³/mol. The maximum Gasteiger partial charge on any atom is 0.266 e. The number of carbonyl (C=O) groups is 1. The van der Waals surface area contributed by atoms with E-state index in [2.05, 4.69) is 21.5 Å². The molecule has 9 heteroatoms. The highest BCUT2D eigenvalue weighted by Crippen LogP contribution is 2.32. The summed E-state index contributed by atoms with van der Waals surface area (Å²) < 4.78 is 13.0. The number of nitriles is 1. The van der Waals surface area contributed by atoms with Crippen molar-refractivity contribution in [2.45, 2.75) is 32.2 Å². The van der Waals surface area contributed by atoms with E-state index in [-0.39, 0.29) is 23.4 Å². The molecule has 3 aromatic heterocycles. The summed E-state index contributed by atoms with van der Waals surface area (Å²) in [6, 6.07) is 5.56. The number of piperidine rings is 1. The fourth-order valence-corrected chi connectivity index (χ4v) is 3.79. The highest BCUT2D eigenvalue weighted by molar-refractivity contribution is 5.92. The van der Waals surface area contributed by atoms with E-state index in [1.807, 2.05) is 15.8 Å². The van der Waals surface area contributed by atoms with Crippen molar-refractivity contribution in [3.63, 3.8) is 0 Å². The van der Waals surface area contributed by atoms with Crippen LogP contribution in [-0.2, 0) is 11.3 Å². The van der Waals surface area contributed by atoms with Crippen LogP contribution in [0, 0.1) is 23.2 Å². The molecule has 1 saturated carbocycles. The molecule has 3 aromatic rings. The molecule has 0 unspecified atom stereocenters. The topological polar surface area (TPSA) is 113 Å². The minimum absolute atomic E-state index is 0.00923. The summed E-state index contributed by atoms with van der Waals surface area (Å²) in [7, 11) is 0. The lowest BCUT2D eigenvalue weighted by Gasteiger charge is -2.30. The van der Waals surface area contributed by atoms with E-state index in [4.69, 9.17) is 8.83 Å². The Labute approximate surface area is 173 Å². The van der Waals surface area contributed by atoms with Crippen LogP contribution in [0.5, 0.6) is 0 Å². The van der Waals surface area contributed by atoms with Gasteiger partial charge in [-0.2, -0.15) is 15.3 Å². The molecule has 1 saturated heterocycles. The van der Waals surface area contributed by atoms with E-state index in [9.17, 15) is 10.1 Å². The number of amides is 1. The molecular formula is C21H22N6O3. The van der Waals surface area contributed by atoms with Crippen molar-refractivity contribution in [2.75, 3.05) is 23.3 Å². The quantitative estimate of drug-likeness (QED) is 0.668. The van der Waals surface area contributed by atoms with E-state index in [0.717, 1.165) is 18.2 Å². The Hall–Kier alpha value is -3.54. The second kappa shape index (κ2) is 7.71. The van der Waals surface area contributed by atoms with E-state index < -0.39 is 0 Å². The van der Waals surface area contributed by atoms with Crippen molar-refractivity contribution in [1.82, 2.24) is 14.8 Å². The van der Waals surface area contributed by atoms with Crippen molar-refractivity contribution in [1.29, 1.82) is 5.26 Å².